The van der Waals surface area contributed by atoms with Crippen LogP contribution in [0.3, 0.4) is 0 Å². The van der Waals surface area contributed by atoms with Gasteiger partial charge in [-0.05, 0) is 24.6 Å². The minimum absolute atomic E-state index is 0.0352. The Kier molecular flexibility index (Phi) is 5.49. The number of aliphatic hydroxyl groups excluding tert-OH is 1. The van der Waals surface area contributed by atoms with E-state index in [4.69, 9.17) is 5.26 Å². The van der Waals surface area contributed by atoms with Crippen LogP contribution in [0.15, 0.2) is 24.3 Å². The molecule has 0 heterocycles. The van der Waals surface area contributed by atoms with Gasteiger partial charge in [-0.15, -0.1) is 0 Å². The fourth-order valence-electron chi connectivity index (χ4n) is 1.66. The lowest BCUT2D eigenvalue weighted by atomic mass is 10.1. The first-order valence-corrected chi connectivity index (χ1v) is 6.08. The number of likely N-dealkylation sites (N-methyl/N-ethyl adjacent to an activating group) is 1. The lowest BCUT2D eigenvalue weighted by Crippen LogP contribution is -2.42. The predicted octanol–water partition coefficient (Wildman–Crippen LogP) is 0.658. The standard InChI is InChI=1S/C14H19N3O2/c1-10(14(19)17(2)3)16-9-13(18)12-6-4-11(8-15)5-7-12/h4-7,10,13,16,18H,9H2,1-3H3. The number of nitriles is 1. The van der Waals surface area contributed by atoms with Gasteiger partial charge in [0.15, 0.2) is 0 Å². The molecule has 1 rings (SSSR count). The number of carbonyl (C=O) groups is 1. The van der Waals surface area contributed by atoms with Gasteiger partial charge in [-0.25, -0.2) is 0 Å². The minimum Gasteiger partial charge on any atom is -0.387 e. The second kappa shape index (κ2) is 6.88. The number of amides is 1. The molecular formula is C14H19N3O2. The van der Waals surface area contributed by atoms with Crippen LogP contribution < -0.4 is 5.32 Å². The SMILES string of the molecule is CC(NCC(O)c1ccc(C#N)cc1)C(=O)N(C)C. The monoisotopic (exact) mass is 261 g/mol. The highest BCUT2D eigenvalue weighted by atomic mass is 16.3. The molecule has 0 saturated heterocycles. The van der Waals surface area contributed by atoms with Gasteiger partial charge in [0.05, 0.1) is 23.8 Å². The first-order chi connectivity index (χ1) is 8.95. The molecule has 5 nitrogen and oxygen atoms in total. The highest BCUT2D eigenvalue weighted by Crippen LogP contribution is 2.12. The van der Waals surface area contributed by atoms with Crippen molar-refractivity contribution in [3.05, 3.63) is 35.4 Å². The van der Waals surface area contributed by atoms with Crippen LogP contribution in [0.5, 0.6) is 0 Å². The summed E-state index contributed by atoms with van der Waals surface area (Å²) in [6.45, 7) is 2.04. The van der Waals surface area contributed by atoms with E-state index in [0.717, 1.165) is 5.56 Å². The zero-order valence-electron chi connectivity index (χ0n) is 11.4. The van der Waals surface area contributed by atoms with E-state index in [1.165, 1.54) is 4.90 Å². The summed E-state index contributed by atoms with van der Waals surface area (Å²) in [6, 6.07) is 8.42. The molecule has 0 fully saturated rings. The molecule has 1 amide bonds. The summed E-state index contributed by atoms with van der Waals surface area (Å²) in [5.41, 5.74) is 1.27. The van der Waals surface area contributed by atoms with Crippen molar-refractivity contribution < 1.29 is 9.90 Å². The summed E-state index contributed by atoms with van der Waals surface area (Å²) in [5, 5.41) is 21.7. The molecule has 2 atom stereocenters. The number of aliphatic hydroxyl groups is 1. The van der Waals surface area contributed by atoms with Gasteiger partial charge in [0.25, 0.3) is 0 Å². The van der Waals surface area contributed by atoms with Gasteiger partial charge in [-0.1, -0.05) is 12.1 Å². The topological polar surface area (TPSA) is 76.4 Å². The van der Waals surface area contributed by atoms with Crippen molar-refractivity contribution >= 4 is 5.91 Å². The van der Waals surface area contributed by atoms with Crippen molar-refractivity contribution in [3.8, 4) is 6.07 Å². The van der Waals surface area contributed by atoms with Gasteiger partial charge < -0.3 is 15.3 Å². The molecule has 0 aromatic heterocycles. The summed E-state index contributed by atoms with van der Waals surface area (Å²) in [5.74, 6) is -0.0352. The summed E-state index contributed by atoms with van der Waals surface area (Å²) in [7, 11) is 3.38. The normalized spacial score (nSPS) is 13.4. The molecule has 102 valence electrons. The lowest BCUT2D eigenvalue weighted by Gasteiger charge is -2.20. The Balaban J connectivity index is 2.53. The molecule has 5 heteroatoms. The summed E-state index contributed by atoms with van der Waals surface area (Å²) in [4.78, 5) is 13.1. The van der Waals surface area contributed by atoms with Gasteiger partial charge in [0.1, 0.15) is 0 Å². The van der Waals surface area contributed by atoms with E-state index in [1.807, 2.05) is 6.07 Å². The Labute approximate surface area is 113 Å². The first-order valence-electron chi connectivity index (χ1n) is 6.08. The van der Waals surface area contributed by atoms with Crippen molar-refractivity contribution in [2.45, 2.75) is 19.1 Å². The molecule has 0 bridgehead atoms. The summed E-state index contributed by atoms with van der Waals surface area (Å²) in [6.07, 6.45) is -0.704. The number of carbonyl (C=O) groups excluding carboxylic acids is 1. The van der Waals surface area contributed by atoms with Crippen LogP contribution in [-0.2, 0) is 4.79 Å². The summed E-state index contributed by atoms with van der Waals surface area (Å²) >= 11 is 0. The van der Waals surface area contributed by atoms with E-state index in [1.54, 1.807) is 45.3 Å². The third-order valence-electron chi connectivity index (χ3n) is 2.85. The lowest BCUT2D eigenvalue weighted by molar-refractivity contribution is -0.130. The third kappa shape index (κ3) is 4.36. The van der Waals surface area contributed by atoms with E-state index in [-0.39, 0.29) is 18.5 Å². The van der Waals surface area contributed by atoms with Crippen LogP contribution in [-0.4, -0.2) is 42.6 Å². The second-order valence-corrected chi connectivity index (χ2v) is 4.61. The molecule has 0 aliphatic heterocycles. The van der Waals surface area contributed by atoms with Crippen molar-refractivity contribution in [1.82, 2.24) is 10.2 Å². The van der Waals surface area contributed by atoms with Crippen molar-refractivity contribution in [2.75, 3.05) is 20.6 Å². The number of rotatable bonds is 5. The Hall–Kier alpha value is -1.90. The van der Waals surface area contributed by atoms with Crippen LogP contribution in [0.1, 0.15) is 24.2 Å². The van der Waals surface area contributed by atoms with E-state index < -0.39 is 6.10 Å². The average Bonchev–Trinajstić information content (AvgIpc) is 2.43. The van der Waals surface area contributed by atoms with Crippen molar-refractivity contribution in [1.29, 1.82) is 5.26 Å². The van der Waals surface area contributed by atoms with Crippen LogP contribution in [0.4, 0.5) is 0 Å². The molecule has 0 aliphatic carbocycles. The molecule has 1 aromatic carbocycles. The second-order valence-electron chi connectivity index (χ2n) is 4.61. The molecule has 19 heavy (non-hydrogen) atoms. The molecule has 0 radical (unpaired) electrons. The number of nitrogens with one attached hydrogen (secondary N) is 1. The minimum atomic E-state index is -0.704. The van der Waals surface area contributed by atoms with Gasteiger partial charge in [0, 0.05) is 20.6 Å². The first kappa shape index (κ1) is 15.2. The Morgan fingerprint density at radius 3 is 2.47 bits per heavy atom. The van der Waals surface area contributed by atoms with Crippen molar-refractivity contribution in [2.24, 2.45) is 0 Å². The van der Waals surface area contributed by atoms with Crippen LogP contribution in [0, 0.1) is 11.3 Å². The average molecular weight is 261 g/mol. The van der Waals surface area contributed by atoms with E-state index in [2.05, 4.69) is 5.32 Å². The maximum Gasteiger partial charge on any atom is 0.238 e. The molecule has 1 aromatic rings. The number of benzene rings is 1. The van der Waals surface area contributed by atoms with E-state index >= 15 is 0 Å². The van der Waals surface area contributed by atoms with E-state index in [9.17, 15) is 9.90 Å². The fourth-order valence-corrected chi connectivity index (χ4v) is 1.66. The molecule has 2 N–H and O–H groups in total. The quantitative estimate of drug-likeness (QED) is 0.816. The van der Waals surface area contributed by atoms with E-state index in [0.29, 0.717) is 5.56 Å². The number of hydrogen-bond acceptors (Lipinski definition) is 4. The van der Waals surface area contributed by atoms with Crippen molar-refractivity contribution in [3.63, 3.8) is 0 Å². The molecule has 0 aliphatic rings. The smallest absolute Gasteiger partial charge is 0.238 e. The third-order valence-corrected chi connectivity index (χ3v) is 2.85. The van der Waals surface area contributed by atoms with Gasteiger partial charge in [0.2, 0.25) is 5.91 Å². The highest BCUT2D eigenvalue weighted by molar-refractivity contribution is 5.80. The van der Waals surface area contributed by atoms with Gasteiger partial charge in [-0.3, -0.25) is 4.79 Å². The van der Waals surface area contributed by atoms with Crippen LogP contribution in [0.2, 0.25) is 0 Å². The predicted molar refractivity (Wildman–Crippen MR) is 72.3 cm³/mol. The summed E-state index contributed by atoms with van der Waals surface area (Å²) < 4.78 is 0. The Morgan fingerprint density at radius 1 is 1.42 bits per heavy atom. The Morgan fingerprint density at radius 2 is 2.00 bits per heavy atom. The van der Waals surface area contributed by atoms with Gasteiger partial charge >= 0.3 is 0 Å². The molecular weight excluding hydrogens is 242 g/mol. The fraction of sp³-hybridized carbons (Fsp3) is 0.429. The Bertz CT molecular complexity index is 463. The zero-order valence-corrected chi connectivity index (χ0v) is 11.4. The maximum absolute atomic E-state index is 11.6. The largest absolute Gasteiger partial charge is 0.387 e. The maximum atomic E-state index is 11.6. The molecule has 2 unspecified atom stereocenters. The van der Waals surface area contributed by atoms with Crippen LogP contribution >= 0.6 is 0 Å². The van der Waals surface area contributed by atoms with Gasteiger partial charge in [-0.2, -0.15) is 5.26 Å². The zero-order chi connectivity index (χ0) is 14.4. The van der Waals surface area contributed by atoms with Crippen LogP contribution in [0.25, 0.3) is 0 Å². The highest BCUT2D eigenvalue weighted by Gasteiger charge is 2.16. The number of hydrogen-bond donors (Lipinski definition) is 2. The molecule has 0 spiro atoms. The molecule has 0 saturated carbocycles. The number of nitrogens with zero attached hydrogens (tertiary/aromatic N) is 2.